The molecule has 0 aliphatic rings. The van der Waals surface area contributed by atoms with Crippen LogP contribution in [0.15, 0.2) is 30.4 Å². The smallest absolute Gasteiger partial charge is 0.165 e. The summed E-state index contributed by atoms with van der Waals surface area (Å²) in [6, 6.07) is 4.62. The van der Waals surface area contributed by atoms with Crippen LogP contribution >= 0.6 is 0 Å². The van der Waals surface area contributed by atoms with Gasteiger partial charge in [0.05, 0.1) is 7.11 Å². The summed E-state index contributed by atoms with van der Waals surface area (Å²) in [5.41, 5.74) is 7.99. The van der Waals surface area contributed by atoms with E-state index in [9.17, 15) is 4.39 Å². The molecule has 0 heterocycles. The number of hydrogen-bond donors (Lipinski definition) is 1. The van der Waals surface area contributed by atoms with Crippen LogP contribution in [0.4, 0.5) is 4.39 Å². The van der Waals surface area contributed by atoms with Gasteiger partial charge in [0.1, 0.15) is 0 Å². The molecule has 0 bridgehead atoms. The first kappa shape index (κ1) is 12.7. The van der Waals surface area contributed by atoms with Crippen LogP contribution in [0.25, 0.3) is 0 Å². The minimum absolute atomic E-state index is 0.105. The molecular formula is C13H18FNO. The monoisotopic (exact) mass is 223 g/mol. The van der Waals surface area contributed by atoms with E-state index in [0.29, 0.717) is 0 Å². The third-order valence-electron chi connectivity index (χ3n) is 2.49. The van der Waals surface area contributed by atoms with Crippen LogP contribution in [0.3, 0.4) is 0 Å². The molecule has 1 atom stereocenters. The first-order chi connectivity index (χ1) is 7.54. The van der Waals surface area contributed by atoms with Gasteiger partial charge in [0, 0.05) is 6.04 Å². The Hall–Kier alpha value is -1.35. The van der Waals surface area contributed by atoms with Crippen LogP contribution in [0.5, 0.6) is 5.75 Å². The lowest BCUT2D eigenvalue weighted by atomic mass is 10.0. The fourth-order valence-electron chi connectivity index (χ4n) is 1.48. The molecule has 0 fully saturated rings. The molecule has 0 saturated carbocycles. The number of nitrogens with two attached hydrogens (primary N) is 1. The number of methoxy groups -OCH3 is 1. The molecule has 1 rings (SSSR count). The van der Waals surface area contributed by atoms with Crippen molar-refractivity contribution in [2.24, 2.45) is 5.73 Å². The maximum Gasteiger partial charge on any atom is 0.165 e. The normalized spacial score (nSPS) is 12.2. The summed E-state index contributed by atoms with van der Waals surface area (Å²) in [4.78, 5) is 0. The molecule has 0 radical (unpaired) electrons. The van der Waals surface area contributed by atoms with E-state index in [2.05, 4.69) is 6.58 Å². The summed E-state index contributed by atoms with van der Waals surface area (Å²) in [6.45, 7) is 5.80. The van der Waals surface area contributed by atoms with Gasteiger partial charge in [0.2, 0.25) is 0 Å². The van der Waals surface area contributed by atoms with Gasteiger partial charge in [-0.3, -0.25) is 0 Å². The molecule has 1 unspecified atom stereocenters. The third kappa shape index (κ3) is 3.35. The predicted octanol–water partition coefficient (Wildman–Crippen LogP) is 3.19. The van der Waals surface area contributed by atoms with Gasteiger partial charge in [-0.25, -0.2) is 4.39 Å². The maximum absolute atomic E-state index is 13.2. The van der Waals surface area contributed by atoms with Gasteiger partial charge in [-0.2, -0.15) is 0 Å². The molecule has 16 heavy (non-hydrogen) atoms. The molecule has 2 nitrogen and oxygen atoms in total. The number of halogens is 1. The Morgan fingerprint density at radius 3 is 2.81 bits per heavy atom. The zero-order valence-corrected chi connectivity index (χ0v) is 9.79. The van der Waals surface area contributed by atoms with E-state index < -0.39 is 0 Å². The Balaban J connectivity index is 2.75. The minimum Gasteiger partial charge on any atom is -0.494 e. The Kier molecular flexibility index (Phi) is 4.50. The molecule has 1 aromatic carbocycles. The number of rotatable bonds is 5. The lowest BCUT2D eigenvalue weighted by Crippen LogP contribution is -2.10. The second kappa shape index (κ2) is 5.66. The van der Waals surface area contributed by atoms with E-state index >= 15 is 0 Å². The minimum atomic E-state index is -0.363. The molecule has 0 saturated heterocycles. The largest absolute Gasteiger partial charge is 0.494 e. The van der Waals surface area contributed by atoms with E-state index in [0.717, 1.165) is 24.0 Å². The third-order valence-corrected chi connectivity index (χ3v) is 2.49. The van der Waals surface area contributed by atoms with Crippen molar-refractivity contribution in [1.82, 2.24) is 0 Å². The number of ether oxygens (including phenoxy) is 1. The molecule has 1 aromatic rings. The van der Waals surface area contributed by atoms with E-state index in [-0.39, 0.29) is 17.6 Å². The Morgan fingerprint density at radius 2 is 2.25 bits per heavy atom. The van der Waals surface area contributed by atoms with E-state index in [1.54, 1.807) is 12.1 Å². The van der Waals surface area contributed by atoms with Crippen LogP contribution in [0.1, 0.15) is 31.4 Å². The van der Waals surface area contributed by atoms with Crippen molar-refractivity contribution in [3.63, 3.8) is 0 Å². The van der Waals surface area contributed by atoms with Crippen LogP contribution in [0, 0.1) is 5.82 Å². The van der Waals surface area contributed by atoms with Crippen molar-refractivity contribution in [3.05, 3.63) is 41.7 Å². The Bertz CT molecular complexity index is 376. The highest BCUT2D eigenvalue weighted by Crippen LogP contribution is 2.24. The van der Waals surface area contributed by atoms with E-state index in [1.807, 2.05) is 6.92 Å². The van der Waals surface area contributed by atoms with Gasteiger partial charge in [-0.1, -0.05) is 11.6 Å². The molecular weight excluding hydrogens is 205 g/mol. The van der Waals surface area contributed by atoms with Gasteiger partial charge in [0.15, 0.2) is 11.6 Å². The Morgan fingerprint density at radius 1 is 1.56 bits per heavy atom. The average Bonchev–Trinajstić information content (AvgIpc) is 2.26. The van der Waals surface area contributed by atoms with Gasteiger partial charge >= 0.3 is 0 Å². The Labute approximate surface area is 95.9 Å². The molecule has 0 aliphatic carbocycles. The van der Waals surface area contributed by atoms with E-state index in [4.69, 9.17) is 10.5 Å². The van der Waals surface area contributed by atoms with E-state index in [1.165, 1.54) is 13.2 Å². The second-order valence-corrected chi connectivity index (χ2v) is 4.00. The van der Waals surface area contributed by atoms with Crippen molar-refractivity contribution < 1.29 is 9.13 Å². The fraction of sp³-hybridized carbons (Fsp3) is 0.385. The standard InChI is InChI=1S/C13H18FNO/c1-9(2)4-7-12(15)10-5-6-11(14)13(8-10)16-3/h5-6,8,12H,1,4,7,15H2,2-3H3. The highest BCUT2D eigenvalue weighted by Gasteiger charge is 2.09. The number of hydrogen-bond acceptors (Lipinski definition) is 2. The number of allylic oxidation sites excluding steroid dienone is 1. The van der Waals surface area contributed by atoms with Crippen LogP contribution in [0.2, 0.25) is 0 Å². The highest BCUT2D eigenvalue weighted by atomic mass is 19.1. The van der Waals surface area contributed by atoms with Gasteiger partial charge < -0.3 is 10.5 Å². The zero-order chi connectivity index (χ0) is 12.1. The fourth-order valence-corrected chi connectivity index (χ4v) is 1.48. The van der Waals surface area contributed by atoms with Crippen molar-refractivity contribution in [2.45, 2.75) is 25.8 Å². The summed E-state index contributed by atoms with van der Waals surface area (Å²) in [6.07, 6.45) is 1.69. The van der Waals surface area contributed by atoms with Gasteiger partial charge in [-0.15, -0.1) is 6.58 Å². The average molecular weight is 223 g/mol. The lowest BCUT2D eigenvalue weighted by Gasteiger charge is -2.13. The second-order valence-electron chi connectivity index (χ2n) is 4.00. The molecule has 0 spiro atoms. The summed E-state index contributed by atoms with van der Waals surface area (Å²) in [5, 5.41) is 0. The SMILES string of the molecule is C=C(C)CCC(N)c1ccc(F)c(OC)c1. The van der Waals surface area contributed by atoms with Crippen LogP contribution < -0.4 is 10.5 Å². The first-order valence-corrected chi connectivity index (χ1v) is 5.28. The van der Waals surface area contributed by atoms with Crippen molar-refractivity contribution >= 4 is 0 Å². The van der Waals surface area contributed by atoms with Crippen LogP contribution in [-0.4, -0.2) is 7.11 Å². The lowest BCUT2D eigenvalue weighted by molar-refractivity contribution is 0.385. The summed E-state index contributed by atoms with van der Waals surface area (Å²) < 4.78 is 18.1. The molecule has 88 valence electrons. The quantitative estimate of drug-likeness (QED) is 0.778. The maximum atomic E-state index is 13.2. The highest BCUT2D eigenvalue weighted by molar-refractivity contribution is 5.32. The van der Waals surface area contributed by atoms with Crippen molar-refractivity contribution in [3.8, 4) is 5.75 Å². The first-order valence-electron chi connectivity index (χ1n) is 5.28. The molecule has 0 aromatic heterocycles. The topological polar surface area (TPSA) is 35.2 Å². The predicted molar refractivity (Wildman–Crippen MR) is 63.9 cm³/mol. The van der Waals surface area contributed by atoms with Crippen molar-refractivity contribution in [2.75, 3.05) is 7.11 Å². The number of benzene rings is 1. The molecule has 0 amide bonds. The summed E-state index contributed by atoms with van der Waals surface area (Å²) in [5.74, 6) is -0.123. The summed E-state index contributed by atoms with van der Waals surface area (Å²) >= 11 is 0. The molecule has 0 aliphatic heterocycles. The van der Waals surface area contributed by atoms with Gasteiger partial charge in [0.25, 0.3) is 0 Å². The molecule has 2 N–H and O–H groups in total. The zero-order valence-electron chi connectivity index (χ0n) is 9.79. The van der Waals surface area contributed by atoms with Crippen LogP contribution in [-0.2, 0) is 0 Å². The van der Waals surface area contributed by atoms with Crippen molar-refractivity contribution in [1.29, 1.82) is 0 Å². The van der Waals surface area contributed by atoms with Gasteiger partial charge in [-0.05, 0) is 37.5 Å². The molecule has 3 heteroatoms. The summed E-state index contributed by atoms with van der Waals surface area (Å²) in [7, 11) is 1.45.